The maximum atomic E-state index is 5.44. The van der Waals surface area contributed by atoms with Gasteiger partial charge in [-0.1, -0.05) is 6.07 Å². The van der Waals surface area contributed by atoms with Crippen molar-refractivity contribution in [3.63, 3.8) is 0 Å². The summed E-state index contributed by atoms with van der Waals surface area (Å²) in [5.41, 5.74) is 4.24. The van der Waals surface area contributed by atoms with Gasteiger partial charge in [-0.25, -0.2) is 4.98 Å². The van der Waals surface area contributed by atoms with E-state index in [4.69, 9.17) is 14.2 Å². The summed E-state index contributed by atoms with van der Waals surface area (Å²) in [6, 6.07) is 14.3. The first kappa shape index (κ1) is 19.4. The number of hydrogen-bond acceptors (Lipinski definition) is 8. The molecule has 0 saturated carbocycles. The lowest BCUT2D eigenvalue weighted by atomic mass is 10.2. The van der Waals surface area contributed by atoms with Crippen LogP contribution in [0.5, 0.6) is 11.5 Å². The van der Waals surface area contributed by atoms with Crippen molar-refractivity contribution in [3.05, 3.63) is 59.8 Å². The highest BCUT2D eigenvalue weighted by atomic mass is 16.7. The van der Waals surface area contributed by atoms with Crippen LogP contribution >= 0.6 is 0 Å². The number of aromatic nitrogens is 2. The Labute approximate surface area is 181 Å². The van der Waals surface area contributed by atoms with Crippen LogP contribution in [0.1, 0.15) is 11.1 Å². The molecule has 2 aromatic carbocycles. The number of nitrogens with zero attached hydrogens (tertiary/aromatic N) is 3. The molecule has 160 valence electrons. The van der Waals surface area contributed by atoms with Crippen molar-refractivity contribution >= 4 is 23.1 Å². The smallest absolute Gasteiger partial charge is 0.231 e. The number of benzene rings is 2. The Balaban J connectivity index is 1.24. The Kier molecular flexibility index (Phi) is 5.45. The topological polar surface area (TPSA) is 80.8 Å². The molecule has 0 atom stereocenters. The van der Waals surface area contributed by atoms with Crippen LogP contribution in [0.4, 0.5) is 23.1 Å². The van der Waals surface area contributed by atoms with Gasteiger partial charge in [-0.3, -0.25) is 0 Å². The van der Waals surface area contributed by atoms with Gasteiger partial charge in [0.2, 0.25) is 12.7 Å². The summed E-state index contributed by atoms with van der Waals surface area (Å²) in [6.07, 6.45) is 1.82. The molecule has 1 aromatic heterocycles. The van der Waals surface area contributed by atoms with E-state index in [-0.39, 0.29) is 6.79 Å². The van der Waals surface area contributed by atoms with Crippen molar-refractivity contribution in [2.75, 3.05) is 48.6 Å². The third-order valence-electron chi connectivity index (χ3n) is 5.37. The number of ether oxygens (including phenoxy) is 3. The first-order chi connectivity index (χ1) is 15.2. The lowest BCUT2D eigenvalue weighted by Crippen LogP contribution is -2.36. The first-order valence-corrected chi connectivity index (χ1v) is 10.4. The Morgan fingerprint density at radius 3 is 2.65 bits per heavy atom. The molecule has 3 heterocycles. The number of rotatable bonds is 6. The molecule has 8 nitrogen and oxygen atoms in total. The molecule has 0 aliphatic carbocycles. The Morgan fingerprint density at radius 2 is 1.81 bits per heavy atom. The number of aryl methyl sites for hydroxylation is 1. The first-order valence-electron chi connectivity index (χ1n) is 10.4. The van der Waals surface area contributed by atoms with Crippen molar-refractivity contribution in [2.45, 2.75) is 13.5 Å². The van der Waals surface area contributed by atoms with Gasteiger partial charge in [0.15, 0.2) is 11.5 Å². The molecule has 1 fully saturated rings. The Morgan fingerprint density at radius 1 is 1.00 bits per heavy atom. The predicted molar refractivity (Wildman–Crippen MR) is 119 cm³/mol. The highest BCUT2D eigenvalue weighted by Crippen LogP contribution is 2.32. The molecule has 0 radical (unpaired) electrons. The molecular weight excluding hydrogens is 394 g/mol. The zero-order valence-electron chi connectivity index (χ0n) is 17.4. The molecule has 3 aromatic rings. The number of hydrogen-bond donors (Lipinski definition) is 2. The maximum Gasteiger partial charge on any atom is 0.231 e. The number of nitrogens with one attached hydrogen (secondary N) is 2. The SMILES string of the molecule is Cc1cnc(NCc2ccc3c(c2)OCO3)nc1Nc1ccc(N2CCOCC2)cc1. The van der Waals surface area contributed by atoms with Gasteiger partial charge in [0.25, 0.3) is 0 Å². The summed E-state index contributed by atoms with van der Waals surface area (Å²) >= 11 is 0. The number of morpholine rings is 1. The van der Waals surface area contributed by atoms with E-state index in [1.165, 1.54) is 5.69 Å². The van der Waals surface area contributed by atoms with Crippen LogP contribution < -0.4 is 25.0 Å². The molecular formula is C23H25N5O3. The minimum Gasteiger partial charge on any atom is -0.454 e. The third-order valence-corrected chi connectivity index (χ3v) is 5.37. The Bertz CT molecular complexity index is 1050. The molecule has 1 saturated heterocycles. The van der Waals surface area contributed by atoms with Gasteiger partial charge < -0.3 is 29.7 Å². The quantitative estimate of drug-likeness (QED) is 0.626. The van der Waals surface area contributed by atoms with E-state index in [9.17, 15) is 0 Å². The summed E-state index contributed by atoms with van der Waals surface area (Å²) in [4.78, 5) is 11.4. The Hall–Kier alpha value is -3.52. The van der Waals surface area contributed by atoms with E-state index >= 15 is 0 Å². The van der Waals surface area contributed by atoms with Gasteiger partial charge in [-0.2, -0.15) is 4.98 Å². The molecule has 31 heavy (non-hydrogen) atoms. The molecule has 2 aliphatic heterocycles. The van der Waals surface area contributed by atoms with E-state index in [1.54, 1.807) is 0 Å². The standard InChI is InChI=1S/C23H25N5O3/c1-16-13-24-23(25-14-17-2-7-20-21(12-17)31-15-30-20)27-22(16)26-18-3-5-19(6-4-18)28-8-10-29-11-9-28/h2-7,12-13H,8-11,14-15H2,1H3,(H2,24,25,26,27). The fourth-order valence-electron chi connectivity index (χ4n) is 3.60. The summed E-state index contributed by atoms with van der Waals surface area (Å²) < 4.78 is 16.2. The van der Waals surface area contributed by atoms with E-state index in [1.807, 2.05) is 31.3 Å². The monoisotopic (exact) mass is 419 g/mol. The predicted octanol–water partition coefficient (Wildman–Crippen LogP) is 3.71. The lowest BCUT2D eigenvalue weighted by molar-refractivity contribution is 0.122. The molecule has 0 bridgehead atoms. The van der Waals surface area contributed by atoms with Crippen LogP contribution in [0.2, 0.25) is 0 Å². The van der Waals surface area contributed by atoms with Gasteiger partial charge in [0.05, 0.1) is 13.2 Å². The van der Waals surface area contributed by atoms with Crippen LogP contribution in [0.25, 0.3) is 0 Å². The fourth-order valence-corrected chi connectivity index (χ4v) is 3.60. The minimum atomic E-state index is 0.274. The van der Waals surface area contributed by atoms with Crippen LogP contribution in [0, 0.1) is 6.92 Å². The summed E-state index contributed by atoms with van der Waals surface area (Å²) in [6.45, 7) is 6.27. The van der Waals surface area contributed by atoms with Gasteiger partial charge >= 0.3 is 0 Å². The summed E-state index contributed by atoms with van der Waals surface area (Å²) in [7, 11) is 0. The van der Waals surface area contributed by atoms with Gasteiger partial charge in [-0.15, -0.1) is 0 Å². The van der Waals surface area contributed by atoms with Crippen molar-refractivity contribution in [1.29, 1.82) is 0 Å². The van der Waals surface area contributed by atoms with Crippen molar-refractivity contribution in [3.8, 4) is 11.5 Å². The number of fused-ring (bicyclic) bond motifs is 1. The largest absolute Gasteiger partial charge is 0.454 e. The van der Waals surface area contributed by atoms with Crippen LogP contribution in [0.3, 0.4) is 0 Å². The second kappa shape index (κ2) is 8.69. The average molecular weight is 419 g/mol. The van der Waals surface area contributed by atoms with Gasteiger partial charge in [0, 0.05) is 42.8 Å². The highest BCUT2D eigenvalue weighted by molar-refractivity contribution is 5.63. The second-order valence-electron chi connectivity index (χ2n) is 7.54. The molecule has 0 spiro atoms. The molecule has 0 amide bonds. The van der Waals surface area contributed by atoms with Crippen molar-refractivity contribution < 1.29 is 14.2 Å². The lowest BCUT2D eigenvalue weighted by Gasteiger charge is -2.28. The maximum absolute atomic E-state index is 5.44. The summed E-state index contributed by atoms with van der Waals surface area (Å²) in [5.74, 6) is 2.89. The molecule has 8 heteroatoms. The van der Waals surface area contributed by atoms with Gasteiger partial charge in [0.1, 0.15) is 5.82 Å². The zero-order valence-corrected chi connectivity index (χ0v) is 17.4. The minimum absolute atomic E-state index is 0.274. The van der Waals surface area contributed by atoms with E-state index in [0.717, 1.165) is 60.4 Å². The highest BCUT2D eigenvalue weighted by Gasteiger charge is 2.14. The third kappa shape index (κ3) is 4.49. The number of anilines is 4. The van der Waals surface area contributed by atoms with Crippen molar-refractivity contribution in [2.24, 2.45) is 0 Å². The fraction of sp³-hybridized carbons (Fsp3) is 0.304. The van der Waals surface area contributed by atoms with E-state index in [2.05, 4.69) is 49.8 Å². The molecule has 0 unspecified atom stereocenters. The average Bonchev–Trinajstić information content (AvgIpc) is 3.29. The van der Waals surface area contributed by atoms with E-state index < -0.39 is 0 Å². The normalized spacial score (nSPS) is 15.1. The molecule has 2 N–H and O–H groups in total. The van der Waals surface area contributed by atoms with Gasteiger partial charge in [-0.05, 0) is 48.9 Å². The van der Waals surface area contributed by atoms with Crippen molar-refractivity contribution in [1.82, 2.24) is 9.97 Å². The van der Waals surface area contributed by atoms with Crippen LogP contribution in [0.15, 0.2) is 48.7 Å². The molecule has 5 rings (SSSR count). The van der Waals surface area contributed by atoms with E-state index in [0.29, 0.717) is 12.5 Å². The molecule has 2 aliphatic rings. The summed E-state index contributed by atoms with van der Waals surface area (Å²) in [5, 5.41) is 6.68. The van der Waals surface area contributed by atoms with Crippen LogP contribution in [-0.4, -0.2) is 43.1 Å². The second-order valence-corrected chi connectivity index (χ2v) is 7.54. The zero-order chi connectivity index (χ0) is 21.0. The van der Waals surface area contributed by atoms with Crippen LogP contribution in [-0.2, 0) is 11.3 Å².